The van der Waals surface area contributed by atoms with Gasteiger partial charge >= 0.3 is 0 Å². The van der Waals surface area contributed by atoms with E-state index in [2.05, 4.69) is 10.6 Å². The van der Waals surface area contributed by atoms with Gasteiger partial charge in [-0.2, -0.15) is 0 Å². The normalized spacial score (nSPS) is 17.6. The average molecular weight is 293 g/mol. The van der Waals surface area contributed by atoms with E-state index < -0.39 is 0 Å². The van der Waals surface area contributed by atoms with E-state index in [9.17, 15) is 4.79 Å². The number of carbonyl (C=O) groups excluding carboxylic acids is 1. The monoisotopic (exact) mass is 292 g/mol. The molecule has 1 aliphatic carbocycles. The highest BCUT2D eigenvalue weighted by Gasteiger charge is 2.13. The van der Waals surface area contributed by atoms with E-state index in [-0.39, 0.29) is 24.2 Å². The van der Waals surface area contributed by atoms with Crippen LogP contribution in [0.5, 0.6) is 0 Å². The zero-order chi connectivity index (χ0) is 13.2. The van der Waals surface area contributed by atoms with Crippen molar-refractivity contribution < 1.29 is 9.53 Å². The lowest BCUT2D eigenvalue weighted by atomic mass is 9.98. The Labute approximate surface area is 123 Å². The Morgan fingerprint density at radius 1 is 1.32 bits per heavy atom. The zero-order valence-corrected chi connectivity index (χ0v) is 13.1. The first-order valence-corrected chi connectivity index (χ1v) is 7.28. The molecule has 0 heterocycles. The summed E-state index contributed by atoms with van der Waals surface area (Å²) < 4.78 is 5.81. The Bertz CT molecular complexity index is 233. The number of hydrogen-bond donors (Lipinski definition) is 2. The van der Waals surface area contributed by atoms with Crippen LogP contribution >= 0.6 is 12.4 Å². The summed E-state index contributed by atoms with van der Waals surface area (Å²) in [6, 6.07) is 0. The van der Waals surface area contributed by atoms with Gasteiger partial charge in [0.25, 0.3) is 0 Å². The molecule has 0 bridgehead atoms. The molecule has 0 spiro atoms. The fourth-order valence-corrected chi connectivity index (χ4v) is 2.34. The molecule has 0 aromatic rings. The number of amides is 1. The van der Waals surface area contributed by atoms with Crippen LogP contribution in [-0.4, -0.2) is 38.8 Å². The molecule has 1 fully saturated rings. The van der Waals surface area contributed by atoms with Crippen LogP contribution in [0.4, 0.5) is 0 Å². The van der Waals surface area contributed by atoms with Gasteiger partial charge in [-0.15, -0.1) is 12.4 Å². The molecule has 0 saturated heterocycles. The van der Waals surface area contributed by atoms with Crippen molar-refractivity contribution >= 4 is 18.3 Å². The maximum Gasteiger partial charge on any atom is 0.224 e. The molecule has 1 amide bonds. The maximum absolute atomic E-state index is 11.6. The Kier molecular flexibility index (Phi) is 11.3. The third-order valence-electron chi connectivity index (χ3n) is 3.48. The van der Waals surface area contributed by atoms with Crippen LogP contribution < -0.4 is 10.6 Å². The summed E-state index contributed by atoms with van der Waals surface area (Å²) in [7, 11) is 1.86. The molecule has 0 aliphatic heterocycles. The molecule has 114 valence electrons. The van der Waals surface area contributed by atoms with E-state index in [0.717, 1.165) is 26.1 Å². The molecular weight excluding hydrogens is 264 g/mol. The predicted octanol–water partition coefficient (Wildman–Crippen LogP) is 2.12. The Balaban J connectivity index is 0.00000324. The minimum Gasteiger partial charge on any atom is -0.378 e. The largest absolute Gasteiger partial charge is 0.378 e. The lowest BCUT2D eigenvalue weighted by Crippen LogP contribution is -2.35. The highest BCUT2D eigenvalue weighted by Crippen LogP contribution is 2.20. The Morgan fingerprint density at radius 3 is 2.63 bits per heavy atom. The molecule has 0 radical (unpaired) electrons. The standard InChI is InChI=1S/C14H28N2O2.ClH/c1-12(11-15-2)14(17)16-9-6-10-18-13-7-4-3-5-8-13;/h12-13,15H,3-11H2,1-2H3,(H,16,17);1H. The van der Waals surface area contributed by atoms with E-state index in [4.69, 9.17) is 4.74 Å². The first-order chi connectivity index (χ1) is 8.74. The fraction of sp³-hybridized carbons (Fsp3) is 0.929. The van der Waals surface area contributed by atoms with Gasteiger partial charge in [-0.05, 0) is 26.3 Å². The van der Waals surface area contributed by atoms with Crippen LogP contribution in [0.3, 0.4) is 0 Å². The highest BCUT2D eigenvalue weighted by molar-refractivity contribution is 5.85. The molecule has 1 aliphatic rings. The molecule has 4 nitrogen and oxygen atoms in total. The van der Waals surface area contributed by atoms with Crippen LogP contribution in [0.1, 0.15) is 45.4 Å². The van der Waals surface area contributed by atoms with Crippen LogP contribution in [0.2, 0.25) is 0 Å². The highest BCUT2D eigenvalue weighted by atomic mass is 35.5. The summed E-state index contributed by atoms with van der Waals surface area (Å²) >= 11 is 0. The molecule has 5 heteroatoms. The smallest absolute Gasteiger partial charge is 0.224 e. The van der Waals surface area contributed by atoms with Crippen molar-refractivity contribution in [2.24, 2.45) is 5.92 Å². The van der Waals surface area contributed by atoms with Crippen LogP contribution in [0, 0.1) is 5.92 Å². The minimum atomic E-state index is 0. The first kappa shape index (κ1) is 18.7. The summed E-state index contributed by atoms with van der Waals surface area (Å²) in [6.07, 6.45) is 7.79. The Morgan fingerprint density at radius 2 is 2.00 bits per heavy atom. The number of rotatable bonds is 8. The topological polar surface area (TPSA) is 50.4 Å². The summed E-state index contributed by atoms with van der Waals surface area (Å²) in [5.41, 5.74) is 0. The zero-order valence-electron chi connectivity index (χ0n) is 12.2. The van der Waals surface area contributed by atoms with Gasteiger partial charge in [-0.1, -0.05) is 26.2 Å². The fourth-order valence-electron chi connectivity index (χ4n) is 2.34. The second kappa shape index (κ2) is 11.5. The predicted molar refractivity (Wildman–Crippen MR) is 80.8 cm³/mol. The summed E-state index contributed by atoms with van der Waals surface area (Å²) in [5.74, 6) is 0.163. The van der Waals surface area contributed by atoms with Crippen molar-refractivity contribution in [3.05, 3.63) is 0 Å². The van der Waals surface area contributed by atoms with Gasteiger partial charge in [-0.3, -0.25) is 4.79 Å². The van der Waals surface area contributed by atoms with Crippen molar-refractivity contribution in [1.82, 2.24) is 10.6 Å². The van der Waals surface area contributed by atoms with E-state index in [1.165, 1.54) is 32.1 Å². The van der Waals surface area contributed by atoms with Gasteiger partial charge in [0.1, 0.15) is 0 Å². The number of nitrogens with one attached hydrogen (secondary N) is 2. The van der Waals surface area contributed by atoms with E-state index >= 15 is 0 Å². The third kappa shape index (κ3) is 8.45. The van der Waals surface area contributed by atoms with Gasteiger partial charge in [-0.25, -0.2) is 0 Å². The second-order valence-electron chi connectivity index (χ2n) is 5.23. The SMILES string of the molecule is CNCC(C)C(=O)NCCCOC1CCCCC1.Cl. The second-order valence-corrected chi connectivity index (χ2v) is 5.23. The van der Waals surface area contributed by atoms with Gasteiger partial charge in [0.15, 0.2) is 0 Å². The molecular formula is C14H29ClN2O2. The summed E-state index contributed by atoms with van der Waals surface area (Å²) in [4.78, 5) is 11.6. The van der Waals surface area contributed by atoms with Gasteiger partial charge in [0.2, 0.25) is 5.91 Å². The third-order valence-corrected chi connectivity index (χ3v) is 3.48. The molecule has 0 aromatic carbocycles. The summed E-state index contributed by atoms with van der Waals surface area (Å²) in [6.45, 7) is 4.15. The van der Waals surface area contributed by atoms with Crippen molar-refractivity contribution in [2.75, 3.05) is 26.7 Å². The number of halogens is 1. The van der Waals surface area contributed by atoms with E-state index in [1.807, 2.05) is 14.0 Å². The lowest BCUT2D eigenvalue weighted by Gasteiger charge is -2.22. The molecule has 1 saturated carbocycles. The number of hydrogen-bond acceptors (Lipinski definition) is 3. The molecule has 19 heavy (non-hydrogen) atoms. The van der Waals surface area contributed by atoms with Gasteiger partial charge < -0.3 is 15.4 Å². The van der Waals surface area contributed by atoms with Crippen LogP contribution in [0.15, 0.2) is 0 Å². The van der Waals surface area contributed by atoms with E-state index in [0.29, 0.717) is 6.10 Å². The maximum atomic E-state index is 11.6. The molecule has 1 unspecified atom stereocenters. The van der Waals surface area contributed by atoms with Crippen molar-refractivity contribution in [1.29, 1.82) is 0 Å². The molecule has 2 N–H and O–H groups in total. The lowest BCUT2D eigenvalue weighted by molar-refractivity contribution is -0.124. The number of carbonyl (C=O) groups is 1. The number of ether oxygens (including phenoxy) is 1. The molecule has 1 atom stereocenters. The Hall–Kier alpha value is -0.320. The quantitative estimate of drug-likeness (QED) is 0.674. The molecule has 0 aromatic heterocycles. The van der Waals surface area contributed by atoms with Crippen LogP contribution in [-0.2, 0) is 9.53 Å². The summed E-state index contributed by atoms with van der Waals surface area (Å²) in [5, 5.41) is 5.95. The van der Waals surface area contributed by atoms with Crippen LogP contribution in [0.25, 0.3) is 0 Å². The molecule has 1 rings (SSSR count). The van der Waals surface area contributed by atoms with Crippen molar-refractivity contribution in [3.63, 3.8) is 0 Å². The minimum absolute atomic E-state index is 0. The van der Waals surface area contributed by atoms with Crippen molar-refractivity contribution in [2.45, 2.75) is 51.6 Å². The van der Waals surface area contributed by atoms with E-state index in [1.54, 1.807) is 0 Å². The first-order valence-electron chi connectivity index (χ1n) is 7.28. The van der Waals surface area contributed by atoms with Gasteiger partial charge in [0, 0.05) is 25.6 Å². The van der Waals surface area contributed by atoms with Crippen molar-refractivity contribution in [3.8, 4) is 0 Å². The average Bonchev–Trinajstić information content (AvgIpc) is 2.39. The van der Waals surface area contributed by atoms with Gasteiger partial charge in [0.05, 0.1) is 6.10 Å².